The molecule has 6 aliphatic rings. The van der Waals surface area contributed by atoms with Crippen LogP contribution in [-0.2, 0) is 5.41 Å². The molecule has 1 aromatic rings. The zero-order valence-electron chi connectivity index (χ0n) is 78.0. The molecule has 0 nitrogen and oxygen atoms in total. The fourth-order valence-corrected chi connectivity index (χ4v) is 12.8. The summed E-state index contributed by atoms with van der Waals surface area (Å²) in [5.41, 5.74) is 3.46. The minimum Gasteiger partial charge on any atom is -0.0776 e. The molecule has 0 N–H and O–H groups in total. The van der Waals surface area contributed by atoms with Gasteiger partial charge in [-0.25, -0.2) is 0 Å². The predicted octanol–water partition coefficient (Wildman–Crippen LogP) is 33.8. The van der Waals surface area contributed by atoms with E-state index in [1.165, 1.54) is 64.9 Å². The Morgan fingerprint density at radius 3 is 0.802 bits per heavy atom. The molecular weight excluding hydrogens is 1090 g/mol. The first-order valence-corrected chi connectivity index (χ1v) is 35.0. The maximum absolute atomic E-state index is 8.27. The van der Waals surface area contributed by atoms with E-state index >= 15 is 0 Å². The van der Waals surface area contributed by atoms with Gasteiger partial charge in [0.15, 0.2) is 0 Å². The van der Waals surface area contributed by atoms with Crippen LogP contribution < -0.4 is 0 Å². The van der Waals surface area contributed by atoms with Gasteiger partial charge in [0.05, 0.1) is 0 Å². The molecule has 7 rings (SSSR count). The third-order valence-corrected chi connectivity index (χ3v) is 19.7. The second kappa shape index (κ2) is 44.3. The molecule has 0 radical (unpaired) electrons. The van der Waals surface area contributed by atoms with E-state index in [4.69, 9.17) is 16.4 Å². The minimum atomic E-state index is -2.82. The van der Waals surface area contributed by atoms with Crippen LogP contribution in [0.5, 0.6) is 0 Å². The lowest BCUT2D eigenvalue weighted by Crippen LogP contribution is -2.51. The van der Waals surface area contributed by atoms with Gasteiger partial charge in [0.2, 0.25) is 0 Å². The number of hydrogen-bond donors (Lipinski definition) is 0. The topological polar surface area (TPSA) is 0 Å². The molecule has 1 unspecified atom stereocenters. The highest BCUT2D eigenvalue weighted by Gasteiger charge is 2.55. The standard InChI is InChI=1S/C14H24.C10H20.C10H14.C10H22.C9H18.2C9H20.2C7H16.6CH4/c1-13(2,3)14-7-10-4-11(8-14)6-12(5-10)9-14;2*1-10(2,3)9-7-5-4-6-8-9;1-8(9(2,3)4)10(5,6)7;1-9(2,3)8-6-4-5-7-8;1-8(2,3)7-9(4,5)6;1-7(2)8(3)9(4,5)6;2*1-6(2)7(3,4)5;;;;;;/h10-12H,4-9H2,1-3H3;9H,4-8H2,1-3H3;4-8H,1-3H3;8H,1-7H3;8H,4-7H2,1-3H3;7H2,1-6H3;7-8H,1-6H3;2*6H,1-5H3;6*1H4/i;9D;;2*8D;;8D;1D3,2D3,6D;6D;;;;;;. The van der Waals surface area contributed by atoms with Crippen LogP contribution in [0.4, 0.5) is 0 Å². The van der Waals surface area contributed by atoms with Gasteiger partial charge in [-0.2, -0.15) is 0 Å². The van der Waals surface area contributed by atoms with Crippen LogP contribution in [0.25, 0.3) is 0 Å². The highest BCUT2D eigenvalue weighted by atomic mass is 14.6. The number of rotatable bonds is 1. The highest BCUT2D eigenvalue weighted by Crippen LogP contribution is 2.65. The fourth-order valence-electron chi connectivity index (χ4n) is 12.8. The zero-order chi connectivity index (χ0) is 78.7. The molecule has 0 aromatic heterocycles. The average molecular weight is 1300 g/mol. The van der Waals surface area contributed by atoms with Crippen molar-refractivity contribution in [3.63, 3.8) is 0 Å². The minimum absolute atomic E-state index is 0. The molecular formula is C91H194. The summed E-state index contributed by atoms with van der Waals surface area (Å²) in [6, 6.07) is 10.6. The normalized spacial score (nSPS) is 24.1. The molecule has 1 atom stereocenters. The Bertz CT molecular complexity index is 2200. The van der Waals surface area contributed by atoms with Gasteiger partial charge in [0, 0.05) is 16.4 Å². The van der Waals surface area contributed by atoms with Gasteiger partial charge >= 0.3 is 0 Å². The second-order valence-electron chi connectivity index (χ2n) is 39.9. The molecule has 0 aliphatic heterocycles. The first-order valence-electron chi connectivity index (χ1n) is 41.0. The van der Waals surface area contributed by atoms with E-state index in [9.17, 15) is 0 Å². The number of benzene rings is 1. The van der Waals surface area contributed by atoms with Gasteiger partial charge in [-0.05, 0) is 200 Å². The van der Waals surface area contributed by atoms with Crippen molar-refractivity contribution in [2.75, 3.05) is 0 Å². The average Bonchev–Trinajstić information content (AvgIpc) is 1.12. The molecule has 6 aliphatic carbocycles. The van der Waals surface area contributed by atoms with E-state index in [0.717, 1.165) is 48.9 Å². The Hall–Kier alpha value is -0.780. The van der Waals surface area contributed by atoms with E-state index in [1.807, 2.05) is 27.7 Å². The van der Waals surface area contributed by atoms with Crippen LogP contribution in [0.2, 0.25) is 0 Å². The first-order chi connectivity index (χ1) is 41.9. The lowest BCUT2D eigenvalue weighted by Gasteiger charge is -2.62. The molecule has 6 saturated carbocycles. The van der Waals surface area contributed by atoms with Crippen molar-refractivity contribution < 1.29 is 16.4 Å². The van der Waals surface area contributed by atoms with Crippen molar-refractivity contribution in [3.8, 4) is 0 Å². The van der Waals surface area contributed by atoms with E-state index in [1.54, 1.807) is 38.5 Å². The summed E-state index contributed by atoms with van der Waals surface area (Å²) in [5, 5.41) is 0. The molecule has 0 saturated heterocycles. The quantitative estimate of drug-likeness (QED) is 0.263. The first kappa shape index (κ1) is 82.6. The molecule has 91 heavy (non-hydrogen) atoms. The Balaban J connectivity index is -0.000000138. The number of hydrogen-bond acceptors (Lipinski definition) is 0. The van der Waals surface area contributed by atoms with Crippen LogP contribution in [0, 0.1) is 119 Å². The third kappa shape index (κ3) is 50.2. The molecule has 0 heteroatoms. The summed E-state index contributed by atoms with van der Waals surface area (Å²) < 4.78 is 91.1. The van der Waals surface area contributed by atoms with Crippen LogP contribution in [-0.4, -0.2) is 0 Å². The van der Waals surface area contributed by atoms with Crippen molar-refractivity contribution in [3.05, 3.63) is 35.9 Å². The van der Waals surface area contributed by atoms with Crippen LogP contribution in [0.1, 0.15) is 453 Å². The molecule has 0 amide bonds. The maximum atomic E-state index is 8.27. The lowest BCUT2D eigenvalue weighted by atomic mass is 9.43. The summed E-state index contributed by atoms with van der Waals surface area (Å²) in [6.07, 6.45) is 21.5. The van der Waals surface area contributed by atoms with Gasteiger partial charge in [0.1, 0.15) is 0 Å². The van der Waals surface area contributed by atoms with Gasteiger partial charge < -0.3 is 0 Å². The second-order valence-corrected chi connectivity index (χ2v) is 39.9. The van der Waals surface area contributed by atoms with E-state index in [-0.39, 0.29) is 107 Å². The van der Waals surface area contributed by atoms with Crippen molar-refractivity contribution in [1.29, 1.82) is 0 Å². The maximum Gasteiger partial charge on any atom is 0.0311 e. The molecule has 558 valence electrons. The van der Waals surface area contributed by atoms with E-state index in [0.29, 0.717) is 27.6 Å². The molecule has 0 spiro atoms. The Morgan fingerprint density at radius 1 is 0.407 bits per heavy atom. The largest absolute Gasteiger partial charge is 0.0776 e. The van der Waals surface area contributed by atoms with Gasteiger partial charge in [-0.1, -0.05) is 391 Å². The van der Waals surface area contributed by atoms with Crippen LogP contribution >= 0.6 is 0 Å². The Kier molecular flexibility index (Phi) is 40.2. The summed E-state index contributed by atoms with van der Waals surface area (Å²) in [6.45, 7) is 77.3. The molecule has 1 aromatic carbocycles. The summed E-state index contributed by atoms with van der Waals surface area (Å²) in [5.74, 6) is 0.0690. The monoisotopic (exact) mass is 1300 g/mol. The van der Waals surface area contributed by atoms with Gasteiger partial charge in [-0.15, -0.1) is 0 Å². The van der Waals surface area contributed by atoms with Crippen molar-refractivity contribution >= 4 is 0 Å². The molecule has 6 fully saturated rings. The molecule has 0 heterocycles. The van der Waals surface area contributed by atoms with Gasteiger partial charge in [-0.3, -0.25) is 0 Å². The van der Waals surface area contributed by atoms with Crippen LogP contribution in [0.3, 0.4) is 0 Å². The van der Waals surface area contributed by atoms with Crippen molar-refractivity contribution in [1.82, 2.24) is 0 Å². The zero-order valence-corrected chi connectivity index (χ0v) is 66.0. The van der Waals surface area contributed by atoms with E-state index in [2.05, 4.69) is 252 Å². The fraction of sp³-hybridized carbons (Fsp3) is 0.934. The van der Waals surface area contributed by atoms with Crippen molar-refractivity contribution in [2.45, 2.75) is 436 Å². The smallest absolute Gasteiger partial charge is 0.0311 e. The van der Waals surface area contributed by atoms with E-state index < -0.39 is 25.0 Å². The van der Waals surface area contributed by atoms with Crippen molar-refractivity contribution in [2.24, 2.45) is 119 Å². The Labute approximate surface area is 604 Å². The highest BCUT2D eigenvalue weighted by molar-refractivity contribution is 5.22. The Morgan fingerprint density at radius 2 is 0.681 bits per heavy atom. The summed E-state index contributed by atoms with van der Waals surface area (Å²) >= 11 is 0. The lowest BCUT2D eigenvalue weighted by molar-refractivity contribution is -0.113. The molecule has 4 bridgehead atoms. The third-order valence-electron chi connectivity index (χ3n) is 19.7. The SMILES string of the molecule is C.C.C.C.C.C.CC(C)(C)C12CC3CC(CC(C3)C1)C2.CC(C)(C)CC(C)(C)C.CC(C)(C)c1ccccc1.[2H]C(C)(C(C)(C)C)C(C)(C)C.[2H]C(C)(C(C)C)C(C)(C)C.[2H]C(C)(C)C(C)(C)C.[2H]C([2H])([2H])C([2H])(C([2H])([2H])[2H])C(C)(C)C.[2H]C1(C(C)(C)C)CCCC1.[2H]C1(C(C)(C)C)CCCCC1. The summed E-state index contributed by atoms with van der Waals surface area (Å²) in [4.78, 5) is 0. The summed E-state index contributed by atoms with van der Waals surface area (Å²) in [7, 11) is 0. The predicted molar refractivity (Wildman–Crippen MR) is 437 cm³/mol. The van der Waals surface area contributed by atoms with Crippen LogP contribution in [0.15, 0.2) is 30.3 Å². The van der Waals surface area contributed by atoms with Gasteiger partial charge in [0.25, 0.3) is 0 Å².